The van der Waals surface area contributed by atoms with E-state index in [0.717, 1.165) is 20.8 Å². The van der Waals surface area contributed by atoms with Crippen LogP contribution in [-0.2, 0) is 4.79 Å². The molecule has 0 saturated carbocycles. The molecule has 0 aliphatic heterocycles. The highest BCUT2D eigenvalue weighted by Gasteiger charge is 2.06. The Morgan fingerprint density at radius 1 is 1.21 bits per heavy atom. The lowest BCUT2D eigenvalue weighted by atomic mass is 10.3. The molecule has 5 heteroatoms. The second kappa shape index (κ2) is 4.78. The Labute approximate surface area is 114 Å². The van der Waals surface area contributed by atoms with Crippen molar-refractivity contribution >= 4 is 33.3 Å². The fourth-order valence-corrected chi connectivity index (χ4v) is 2.73. The molecule has 3 rings (SSSR count). The van der Waals surface area contributed by atoms with Gasteiger partial charge in [-0.1, -0.05) is 12.1 Å². The number of nitrogens with zero attached hydrogens (tertiary/aromatic N) is 2. The van der Waals surface area contributed by atoms with E-state index in [9.17, 15) is 4.79 Å². The van der Waals surface area contributed by atoms with Gasteiger partial charge in [-0.05, 0) is 24.3 Å². The van der Waals surface area contributed by atoms with E-state index in [-0.39, 0.29) is 5.91 Å². The smallest absolute Gasteiger partial charge is 0.222 e. The first-order valence-corrected chi connectivity index (χ1v) is 6.63. The molecule has 2 heterocycles. The number of carbonyl (C=O) groups is 1. The van der Waals surface area contributed by atoms with Crippen molar-refractivity contribution in [1.29, 1.82) is 0 Å². The Balaban J connectivity index is 1.95. The number of carbonyl (C=O) groups excluding carboxylic acids is 1. The first-order chi connectivity index (χ1) is 9.22. The number of thiazole rings is 1. The van der Waals surface area contributed by atoms with Crippen molar-refractivity contribution in [2.75, 3.05) is 5.32 Å². The van der Waals surface area contributed by atoms with Crippen molar-refractivity contribution < 1.29 is 4.79 Å². The quantitative estimate of drug-likeness (QED) is 0.776. The molecule has 1 amide bonds. The lowest BCUT2D eigenvalue weighted by molar-refractivity contribution is -0.114. The molecular formula is C14H11N3OS. The van der Waals surface area contributed by atoms with Gasteiger partial charge in [0.15, 0.2) is 0 Å². The topological polar surface area (TPSA) is 54.9 Å². The maximum atomic E-state index is 10.9. The fraction of sp³-hybridized carbons (Fsp3) is 0.0714. The Kier molecular flexibility index (Phi) is 2.97. The van der Waals surface area contributed by atoms with Crippen LogP contribution in [0.25, 0.3) is 20.8 Å². The first-order valence-electron chi connectivity index (χ1n) is 5.82. The molecule has 0 fully saturated rings. The van der Waals surface area contributed by atoms with Crippen molar-refractivity contribution in [3.63, 3.8) is 0 Å². The molecule has 0 bridgehead atoms. The molecular weight excluding hydrogens is 258 g/mol. The number of benzene rings is 1. The summed E-state index contributed by atoms with van der Waals surface area (Å²) in [7, 11) is 0. The Morgan fingerprint density at radius 2 is 2.05 bits per heavy atom. The van der Waals surface area contributed by atoms with Gasteiger partial charge >= 0.3 is 0 Å². The van der Waals surface area contributed by atoms with Crippen LogP contribution in [0.4, 0.5) is 5.82 Å². The third kappa shape index (κ3) is 2.46. The molecule has 0 aliphatic rings. The largest absolute Gasteiger partial charge is 0.311 e. The summed E-state index contributed by atoms with van der Waals surface area (Å²) in [4.78, 5) is 19.7. The van der Waals surface area contributed by atoms with Gasteiger partial charge in [-0.15, -0.1) is 11.3 Å². The highest BCUT2D eigenvalue weighted by molar-refractivity contribution is 7.21. The number of amides is 1. The van der Waals surface area contributed by atoms with Crippen molar-refractivity contribution in [3.05, 3.63) is 42.6 Å². The van der Waals surface area contributed by atoms with Crippen LogP contribution in [0.1, 0.15) is 6.92 Å². The van der Waals surface area contributed by atoms with Crippen LogP contribution in [0.15, 0.2) is 42.6 Å². The molecule has 0 unspecified atom stereocenters. The van der Waals surface area contributed by atoms with Gasteiger partial charge in [0.05, 0.1) is 10.2 Å². The summed E-state index contributed by atoms with van der Waals surface area (Å²) in [5, 5.41) is 3.58. The summed E-state index contributed by atoms with van der Waals surface area (Å²) < 4.78 is 1.16. The Hall–Kier alpha value is -2.27. The summed E-state index contributed by atoms with van der Waals surface area (Å²) in [6.07, 6.45) is 1.73. The monoisotopic (exact) mass is 269 g/mol. The number of aromatic nitrogens is 2. The van der Waals surface area contributed by atoms with Crippen LogP contribution in [0.5, 0.6) is 0 Å². The van der Waals surface area contributed by atoms with E-state index < -0.39 is 0 Å². The summed E-state index contributed by atoms with van der Waals surface area (Å²) in [5.74, 6) is 0.428. The van der Waals surface area contributed by atoms with Gasteiger partial charge < -0.3 is 5.32 Å². The van der Waals surface area contributed by atoms with Crippen LogP contribution in [0, 0.1) is 0 Å². The van der Waals surface area contributed by atoms with E-state index in [0.29, 0.717) is 5.82 Å². The number of para-hydroxylation sites is 1. The molecule has 4 nitrogen and oxygen atoms in total. The number of fused-ring (bicyclic) bond motifs is 1. The van der Waals surface area contributed by atoms with Crippen molar-refractivity contribution in [2.24, 2.45) is 0 Å². The summed E-state index contributed by atoms with van der Waals surface area (Å²) >= 11 is 1.63. The summed E-state index contributed by atoms with van der Waals surface area (Å²) in [5.41, 5.74) is 1.95. The van der Waals surface area contributed by atoms with E-state index in [2.05, 4.69) is 21.4 Å². The standard InChI is InChI=1S/C14H11N3OS/c1-9(18)16-13-7-6-10(8-15-13)14-17-11-4-2-3-5-12(11)19-14/h2-8H,1H3,(H,15,16,18). The number of hydrogen-bond donors (Lipinski definition) is 1. The van der Waals surface area contributed by atoms with E-state index in [1.54, 1.807) is 23.6 Å². The fourth-order valence-electron chi connectivity index (χ4n) is 1.77. The lowest BCUT2D eigenvalue weighted by Gasteiger charge is -2.01. The zero-order valence-corrected chi connectivity index (χ0v) is 11.1. The molecule has 3 aromatic rings. The number of rotatable bonds is 2. The molecule has 0 aliphatic carbocycles. The predicted molar refractivity (Wildman–Crippen MR) is 77.2 cm³/mol. The zero-order chi connectivity index (χ0) is 13.2. The molecule has 2 aromatic heterocycles. The average Bonchev–Trinajstić information content (AvgIpc) is 2.82. The van der Waals surface area contributed by atoms with Crippen molar-refractivity contribution in [3.8, 4) is 10.6 Å². The molecule has 1 N–H and O–H groups in total. The van der Waals surface area contributed by atoms with Gasteiger partial charge in [-0.25, -0.2) is 9.97 Å². The zero-order valence-electron chi connectivity index (χ0n) is 10.3. The van der Waals surface area contributed by atoms with Crippen LogP contribution in [0.3, 0.4) is 0 Å². The maximum absolute atomic E-state index is 10.9. The maximum Gasteiger partial charge on any atom is 0.222 e. The van der Waals surface area contributed by atoms with Crippen molar-refractivity contribution in [1.82, 2.24) is 9.97 Å². The summed E-state index contributed by atoms with van der Waals surface area (Å²) in [6.45, 7) is 1.46. The van der Waals surface area contributed by atoms with Gasteiger partial charge in [0.25, 0.3) is 0 Å². The Bertz CT molecular complexity index is 701. The molecule has 0 radical (unpaired) electrons. The van der Waals surface area contributed by atoms with Crippen LogP contribution >= 0.6 is 11.3 Å². The Morgan fingerprint density at radius 3 is 2.74 bits per heavy atom. The summed E-state index contributed by atoms with van der Waals surface area (Å²) in [6, 6.07) is 11.7. The van der Waals surface area contributed by atoms with Crippen LogP contribution in [0.2, 0.25) is 0 Å². The van der Waals surface area contributed by atoms with Gasteiger partial charge in [0, 0.05) is 18.7 Å². The highest BCUT2D eigenvalue weighted by Crippen LogP contribution is 2.29. The molecule has 94 valence electrons. The number of nitrogens with one attached hydrogen (secondary N) is 1. The van der Waals surface area contributed by atoms with Gasteiger partial charge in [0.2, 0.25) is 5.91 Å². The minimum atomic E-state index is -0.125. The third-order valence-electron chi connectivity index (χ3n) is 2.61. The highest BCUT2D eigenvalue weighted by atomic mass is 32.1. The number of hydrogen-bond acceptors (Lipinski definition) is 4. The molecule has 0 spiro atoms. The van der Waals surface area contributed by atoms with Crippen molar-refractivity contribution in [2.45, 2.75) is 6.92 Å². The molecule has 1 aromatic carbocycles. The normalized spacial score (nSPS) is 10.6. The first kappa shape index (κ1) is 11.8. The third-order valence-corrected chi connectivity index (χ3v) is 3.69. The molecule has 0 atom stereocenters. The average molecular weight is 269 g/mol. The molecule has 0 saturated heterocycles. The van der Waals surface area contributed by atoms with Crippen LogP contribution in [-0.4, -0.2) is 15.9 Å². The second-order valence-electron chi connectivity index (χ2n) is 4.10. The van der Waals surface area contributed by atoms with E-state index >= 15 is 0 Å². The number of pyridine rings is 1. The van der Waals surface area contributed by atoms with E-state index in [1.807, 2.05) is 24.3 Å². The van der Waals surface area contributed by atoms with E-state index in [4.69, 9.17) is 0 Å². The van der Waals surface area contributed by atoms with Crippen LogP contribution < -0.4 is 5.32 Å². The predicted octanol–water partition coefficient (Wildman–Crippen LogP) is 3.32. The number of anilines is 1. The minimum Gasteiger partial charge on any atom is -0.311 e. The molecule has 19 heavy (non-hydrogen) atoms. The minimum absolute atomic E-state index is 0.125. The van der Waals surface area contributed by atoms with E-state index in [1.165, 1.54) is 6.92 Å². The van der Waals surface area contributed by atoms with Gasteiger partial charge in [-0.3, -0.25) is 4.79 Å². The second-order valence-corrected chi connectivity index (χ2v) is 5.13. The van der Waals surface area contributed by atoms with Gasteiger partial charge in [-0.2, -0.15) is 0 Å². The lowest BCUT2D eigenvalue weighted by Crippen LogP contribution is -2.06. The van der Waals surface area contributed by atoms with Gasteiger partial charge in [0.1, 0.15) is 10.8 Å². The SMILES string of the molecule is CC(=O)Nc1ccc(-c2nc3ccccc3s2)cn1.